The third-order valence-corrected chi connectivity index (χ3v) is 3.31. The molecule has 2 unspecified atom stereocenters. The minimum absolute atomic E-state index is 0.0118. The summed E-state index contributed by atoms with van der Waals surface area (Å²) < 4.78 is 11.7. The van der Waals surface area contributed by atoms with Crippen LogP contribution in [0.15, 0.2) is 24.3 Å². The van der Waals surface area contributed by atoms with Crippen molar-refractivity contribution in [1.82, 2.24) is 0 Å². The lowest BCUT2D eigenvalue weighted by Crippen LogP contribution is -2.28. The Bertz CT molecular complexity index is 391. The molecule has 1 aliphatic heterocycles. The Morgan fingerprint density at radius 3 is 2.56 bits per heavy atom. The van der Waals surface area contributed by atoms with E-state index in [4.69, 9.17) is 15.2 Å². The Kier molecular flexibility index (Phi) is 3.90. The van der Waals surface area contributed by atoms with Crippen molar-refractivity contribution in [1.29, 1.82) is 0 Å². The first-order valence-electron chi connectivity index (χ1n) is 6.33. The highest BCUT2D eigenvalue weighted by atomic mass is 16.7. The van der Waals surface area contributed by atoms with Gasteiger partial charge in [0.15, 0.2) is 5.79 Å². The molecule has 0 aliphatic carbocycles. The van der Waals surface area contributed by atoms with Gasteiger partial charge in [0.05, 0.1) is 6.61 Å². The molecule has 1 heterocycles. The predicted octanol–water partition coefficient (Wildman–Crippen LogP) is 1.91. The highest BCUT2D eigenvalue weighted by Crippen LogP contribution is 2.35. The largest absolute Gasteiger partial charge is 0.378 e. The van der Waals surface area contributed by atoms with Crippen LogP contribution in [0.5, 0.6) is 0 Å². The monoisotopic (exact) mass is 250 g/mol. The number of nitrogens with two attached hydrogens (primary N) is 1. The van der Waals surface area contributed by atoms with Crippen LogP contribution in [0.2, 0.25) is 0 Å². The van der Waals surface area contributed by atoms with E-state index >= 15 is 0 Å². The van der Waals surface area contributed by atoms with Gasteiger partial charge >= 0.3 is 0 Å². The molecule has 18 heavy (non-hydrogen) atoms. The average Bonchev–Trinajstić information content (AvgIpc) is 2.72. The van der Waals surface area contributed by atoms with E-state index in [0.717, 1.165) is 12.0 Å². The Morgan fingerprint density at radius 1 is 1.33 bits per heavy atom. The van der Waals surface area contributed by atoms with Gasteiger partial charge in [-0.25, -0.2) is 0 Å². The minimum atomic E-state index is -0.528. The first kappa shape index (κ1) is 13.3. The van der Waals surface area contributed by atoms with Crippen molar-refractivity contribution in [2.24, 2.45) is 5.73 Å². The quantitative estimate of drug-likeness (QED) is 0.886. The molecule has 0 bridgehead atoms. The van der Waals surface area contributed by atoms with Gasteiger partial charge in [0, 0.05) is 26.2 Å². The van der Waals surface area contributed by atoms with E-state index in [-0.39, 0.29) is 6.10 Å². The fourth-order valence-electron chi connectivity index (χ4n) is 2.17. The van der Waals surface area contributed by atoms with Gasteiger partial charge in [0.25, 0.3) is 0 Å². The molecule has 1 fully saturated rings. The molecule has 100 valence electrons. The molecule has 0 spiro atoms. The van der Waals surface area contributed by atoms with Gasteiger partial charge in [-0.05, 0) is 31.2 Å². The van der Waals surface area contributed by atoms with E-state index in [1.807, 2.05) is 21.0 Å². The van der Waals surface area contributed by atoms with Crippen molar-refractivity contribution >= 4 is 5.69 Å². The van der Waals surface area contributed by atoms with Crippen LogP contribution in [0.4, 0.5) is 5.69 Å². The van der Waals surface area contributed by atoms with Gasteiger partial charge in [-0.3, -0.25) is 0 Å². The first-order valence-corrected chi connectivity index (χ1v) is 6.33. The molecule has 1 aromatic rings. The van der Waals surface area contributed by atoms with Crippen LogP contribution >= 0.6 is 0 Å². The molecule has 2 rings (SSSR count). The van der Waals surface area contributed by atoms with E-state index in [1.54, 1.807) is 0 Å². The summed E-state index contributed by atoms with van der Waals surface area (Å²) in [5, 5.41) is 0. The van der Waals surface area contributed by atoms with Gasteiger partial charge in [-0.2, -0.15) is 0 Å². The fourth-order valence-corrected chi connectivity index (χ4v) is 2.17. The number of anilines is 1. The Balaban J connectivity index is 2.05. The summed E-state index contributed by atoms with van der Waals surface area (Å²) in [7, 11) is 4.06. The van der Waals surface area contributed by atoms with Crippen LogP contribution in [-0.2, 0) is 9.47 Å². The number of hydrogen-bond donors (Lipinski definition) is 1. The fraction of sp³-hybridized carbons (Fsp3) is 0.571. The second kappa shape index (κ2) is 5.26. The number of benzene rings is 1. The lowest BCUT2D eigenvalue weighted by Gasteiger charge is -2.22. The number of hydrogen-bond acceptors (Lipinski definition) is 4. The molecule has 1 aromatic carbocycles. The van der Waals surface area contributed by atoms with Crippen LogP contribution in [0.1, 0.15) is 25.0 Å². The molecule has 0 aromatic heterocycles. The zero-order valence-electron chi connectivity index (χ0n) is 11.3. The van der Waals surface area contributed by atoms with Crippen molar-refractivity contribution in [3.63, 3.8) is 0 Å². The van der Waals surface area contributed by atoms with Crippen molar-refractivity contribution in [2.75, 3.05) is 32.1 Å². The number of ether oxygens (including phenoxy) is 2. The van der Waals surface area contributed by atoms with E-state index in [9.17, 15) is 0 Å². The topological polar surface area (TPSA) is 47.7 Å². The highest BCUT2D eigenvalue weighted by molar-refractivity contribution is 5.46. The van der Waals surface area contributed by atoms with E-state index in [1.165, 1.54) is 5.69 Å². The van der Waals surface area contributed by atoms with Gasteiger partial charge in [0.1, 0.15) is 6.10 Å². The molecule has 2 N–H and O–H groups in total. The van der Waals surface area contributed by atoms with E-state index in [2.05, 4.69) is 29.2 Å². The summed E-state index contributed by atoms with van der Waals surface area (Å²) >= 11 is 0. The molecule has 1 saturated heterocycles. The molecule has 4 nitrogen and oxygen atoms in total. The summed E-state index contributed by atoms with van der Waals surface area (Å²) in [6.45, 7) is 3.12. The minimum Gasteiger partial charge on any atom is -0.378 e. The van der Waals surface area contributed by atoms with E-state index < -0.39 is 5.79 Å². The molecule has 2 atom stereocenters. The SMILES string of the molecule is CN(C)c1ccc(C2COC(C)(CCN)O2)cc1. The standard InChI is InChI=1S/C14H22N2O2/c1-14(8-9-15)17-10-13(18-14)11-4-6-12(7-5-11)16(2)3/h4-7,13H,8-10,15H2,1-3H3. The van der Waals surface area contributed by atoms with Gasteiger partial charge in [-0.15, -0.1) is 0 Å². The average molecular weight is 250 g/mol. The van der Waals surface area contributed by atoms with Crippen molar-refractivity contribution < 1.29 is 9.47 Å². The number of nitrogens with zero attached hydrogens (tertiary/aromatic N) is 1. The normalized spacial score (nSPS) is 27.4. The third kappa shape index (κ3) is 2.83. The zero-order chi connectivity index (χ0) is 13.2. The maximum atomic E-state index is 5.96. The van der Waals surface area contributed by atoms with Gasteiger partial charge < -0.3 is 20.1 Å². The van der Waals surface area contributed by atoms with Crippen LogP contribution < -0.4 is 10.6 Å². The molecule has 0 saturated carbocycles. The van der Waals surface area contributed by atoms with Crippen molar-refractivity contribution in [2.45, 2.75) is 25.2 Å². The smallest absolute Gasteiger partial charge is 0.167 e. The molecular weight excluding hydrogens is 228 g/mol. The first-order chi connectivity index (χ1) is 8.54. The molecule has 0 radical (unpaired) electrons. The number of rotatable bonds is 4. The predicted molar refractivity (Wildman–Crippen MR) is 72.6 cm³/mol. The second-order valence-electron chi connectivity index (χ2n) is 5.08. The molecule has 0 amide bonds. The molecule has 4 heteroatoms. The van der Waals surface area contributed by atoms with Crippen LogP contribution in [-0.4, -0.2) is 33.0 Å². The van der Waals surface area contributed by atoms with Crippen LogP contribution in [0.25, 0.3) is 0 Å². The van der Waals surface area contributed by atoms with Crippen LogP contribution in [0, 0.1) is 0 Å². The van der Waals surface area contributed by atoms with Crippen LogP contribution in [0.3, 0.4) is 0 Å². The molecule has 1 aliphatic rings. The lowest BCUT2D eigenvalue weighted by atomic mass is 10.1. The van der Waals surface area contributed by atoms with Crippen molar-refractivity contribution in [3.05, 3.63) is 29.8 Å². The zero-order valence-corrected chi connectivity index (χ0v) is 11.3. The Morgan fingerprint density at radius 2 is 2.00 bits per heavy atom. The highest BCUT2D eigenvalue weighted by Gasteiger charge is 2.37. The maximum absolute atomic E-state index is 5.96. The Labute approximate surface area is 109 Å². The van der Waals surface area contributed by atoms with E-state index in [0.29, 0.717) is 13.2 Å². The summed E-state index contributed by atoms with van der Waals surface area (Å²) in [6.07, 6.45) is 0.733. The maximum Gasteiger partial charge on any atom is 0.167 e. The summed E-state index contributed by atoms with van der Waals surface area (Å²) in [5.41, 5.74) is 7.90. The summed E-state index contributed by atoms with van der Waals surface area (Å²) in [4.78, 5) is 2.08. The third-order valence-electron chi connectivity index (χ3n) is 3.31. The van der Waals surface area contributed by atoms with Gasteiger partial charge in [-0.1, -0.05) is 12.1 Å². The summed E-state index contributed by atoms with van der Waals surface area (Å²) in [5.74, 6) is -0.528. The summed E-state index contributed by atoms with van der Waals surface area (Å²) in [6, 6.07) is 8.38. The Hall–Kier alpha value is -1.10. The molecular formula is C14H22N2O2. The second-order valence-corrected chi connectivity index (χ2v) is 5.08. The van der Waals surface area contributed by atoms with Gasteiger partial charge in [0.2, 0.25) is 0 Å². The van der Waals surface area contributed by atoms with Crippen molar-refractivity contribution in [3.8, 4) is 0 Å². The lowest BCUT2D eigenvalue weighted by molar-refractivity contribution is -0.157.